The minimum atomic E-state index is 0.806. The van der Waals surface area contributed by atoms with Crippen LogP contribution in [0.1, 0.15) is 5.56 Å². The first-order chi connectivity index (χ1) is 13.2. The SMILES string of the molecule is Cc1cccc(-c2cccc(N(c3ccccc3)c3ccccc3)c2)c1Cl. The van der Waals surface area contributed by atoms with E-state index < -0.39 is 0 Å². The molecule has 0 spiro atoms. The number of nitrogens with zero attached hydrogens (tertiary/aromatic N) is 1. The number of halogens is 1. The molecule has 0 amide bonds. The van der Waals surface area contributed by atoms with Crippen LogP contribution in [0.4, 0.5) is 17.1 Å². The Hall–Kier alpha value is -3.03. The highest BCUT2D eigenvalue weighted by atomic mass is 35.5. The van der Waals surface area contributed by atoms with Crippen LogP contribution in [0.3, 0.4) is 0 Å². The molecule has 4 aromatic rings. The standard InChI is InChI=1S/C25H20ClN/c1-19-10-8-17-24(25(19)26)20-11-9-16-23(18-20)27(21-12-4-2-5-13-21)22-14-6-3-7-15-22/h2-18H,1H3. The van der Waals surface area contributed by atoms with Gasteiger partial charge in [0, 0.05) is 22.6 Å². The summed E-state index contributed by atoms with van der Waals surface area (Å²) in [6.45, 7) is 2.04. The monoisotopic (exact) mass is 369 g/mol. The van der Waals surface area contributed by atoms with Gasteiger partial charge in [-0.15, -0.1) is 0 Å². The molecule has 4 aromatic carbocycles. The van der Waals surface area contributed by atoms with Gasteiger partial charge in [0.15, 0.2) is 0 Å². The molecule has 0 unspecified atom stereocenters. The summed E-state index contributed by atoms with van der Waals surface area (Å²) in [4.78, 5) is 2.26. The van der Waals surface area contributed by atoms with E-state index in [-0.39, 0.29) is 0 Å². The Morgan fingerprint density at radius 3 is 1.78 bits per heavy atom. The molecule has 0 aliphatic rings. The highest BCUT2D eigenvalue weighted by molar-refractivity contribution is 6.34. The molecule has 0 aliphatic carbocycles. The molecule has 0 heterocycles. The molecule has 132 valence electrons. The molecular formula is C25H20ClN. The van der Waals surface area contributed by atoms with E-state index in [4.69, 9.17) is 11.6 Å². The Kier molecular flexibility index (Phi) is 4.95. The first-order valence-electron chi connectivity index (χ1n) is 9.00. The second-order valence-corrected chi connectivity index (χ2v) is 6.87. The Labute approximate surface area is 165 Å². The molecule has 4 rings (SSSR count). The number of anilines is 3. The molecule has 0 saturated carbocycles. The normalized spacial score (nSPS) is 10.6. The van der Waals surface area contributed by atoms with Crippen LogP contribution in [0.25, 0.3) is 11.1 Å². The van der Waals surface area contributed by atoms with Crippen LogP contribution in [0.15, 0.2) is 103 Å². The molecule has 27 heavy (non-hydrogen) atoms. The summed E-state index contributed by atoms with van der Waals surface area (Å²) >= 11 is 6.58. The summed E-state index contributed by atoms with van der Waals surface area (Å²) in [7, 11) is 0. The summed E-state index contributed by atoms with van der Waals surface area (Å²) < 4.78 is 0. The van der Waals surface area contributed by atoms with Gasteiger partial charge in [0.2, 0.25) is 0 Å². The van der Waals surface area contributed by atoms with Gasteiger partial charge in [-0.25, -0.2) is 0 Å². The highest BCUT2D eigenvalue weighted by Gasteiger charge is 2.13. The van der Waals surface area contributed by atoms with Crippen molar-refractivity contribution in [3.8, 4) is 11.1 Å². The van der Waals surface area contributed by atoms with E-state index in [1.165, 1.54) is 0 Å². The van der Waals surface area contributed by atoms with E-state index in [0.29, 0.717) is 0 Å². The fourth-order valence-corrected chi connectivity index (χ4v) is 3.52. The van der Waals surface area contributed by atoms with Gasteiger partial charge in [-0.05, 0) is 54.4 Å². The smallest absolute Gasteiger partial charge is 0.0513 e. The van der Waals surface area contributed by atoms with Crippen molar-refractivity contribution >= 4 is 28.7 Å². The van der Waals surface area contributed by atoms with Gasteiger partial charge in [-0.3, -0.25) is 0 Å². The number of para-hydroxylation sites is 2. The number of hydrogen-bond acceptors (Lipinski definition) is 1. The number of benzene rings is 4. The third-order valence-corrected chi connectivity index (χ3v) is 5.14. The molecule has 0 bridgehead atoms. The van der Waals surface area contributed by atoms with E-state index in [0.717, 1.165) is 38.8 Å². The van der Waals surface area contributed by atoms with Gasteiger partial charge in [-0.1, -0.05) is 78.3 Å². The van der Waals surface area contributed by atoms with E-state index in [1.54, 1.807) is 0 Å². The van der Waals surface area contributed by atoms with Crippen LogP contribution in [-0.4, -0.2) is 0 Å². The van der Waals surface area contributed by atoms with Crippen LogP contribution in [0.5, 0.6) is 0 Å². The first-order valence-corrected chi connectivity index (χ1v) is 9.37. The minimum absolute atomic E-state index is 0.806. The summed E-state index contributed by atoms with van der Waals surface area (Å²) in [6, 6.07) is 35.5. The Morgan fingerprint density at radius 1 is 0.593 bits per heavy atom. The molecule has 0 aromatic heterocycles. The van der Waals surface area contributed by atoms with Crippen LogP contribution >= 0.6 is 11.6 Å². The van der Waals surface area contributed by atoms with Crippen molar-refractivity contribution in [2.75, 3.05) is 4.90 Å². The van der Waals surface area contributed by atoms with Crippen LogP contribution < -0.4 is 4.90 Å². The third-order valence-electron chi connectivity index (χ3n) is 4.64. The van der Waals surface area contributed by atoms with Crippen molar-refractivity contribution in [3.63, 3.8) is 0 Å². The zero-order valence-corrected chi connectivity index (χ0v) is 15.9. The van der Waals surface area contributed by atoms with Crippen LogP contribution in [0, 0.1) is 6.92 Å². The fraction of sp³-hybridized carbons (Fsp3) is 0.0400. The maximum atomic E-state index is 6.58. The maximum Gasteiger partial charge on any atom is 0.0513 e. The Morgan fingerprint density at radius 2 is 1.15 bits per heavy atom. The summed E-state index contributed by atoms with van der Waals surface area (Å²) in [6.07, 6.45) is 0. The number of rotatable bonds is 4. The van der Waals surface area contributed by atoms with Crippen molar-refractivity contribution in [3.05, 3.63) is 114 Å². The average Bonchev–Trinajstić information content (AvgIpc) is 2.72. The second kappa shape index (κ2) is 7.69. The number of aryl methyl sites for hydroxylation is 1. The van der Waals surface area contributed by atoms with Crippen molar-refractivity contribution < 1.29 is 0 Å². The van der Waals surface area contributed by atoms with E-state index in [2.05, 4.69) is 89.8 Å². The van der Waals surface area contributed by atoms with Gasteiger partial charge >= 0.3 is 0 Å². The zero-order chi connectivity index (χ0) is 18.6. The van der Waals surface area contributed by atoms with Crippen LogP contribution in [-0.2, 0) is 0 Å². The van der Waals surface area contributed by atoms with Crippen molar-refractivity contribution in [2.45, 2.75) is 6.92 Å². The average molecular weight is 370 g/mol. The van der Waals surface area contributed by atoms with Crippen molar-refractivity contribution in [2.24, 2.45) is 0 Å². The molecule has 0 fully saturated rings. The zero-order valence-electron chi connectivity index (χ0n) is 15.1. The molecule has 0 aliphatic heterocycles. The Bertz CT molecular complexity index is 1000. The quantitative estimate of drug-likeness (QED) is 0.355. The molecule has 1 nitrogen and oxygen atoms in total. The largest absolute Gasteiger partial charge is 0.310 e. The van der Waals surface area contributed by atoms with Crippen molar-refractivity contribution in [1.82, 2.24) is 0 Å². The molecule has 2 heteroatoms. The highest BCUT2D eigenvalue weighted by Crippen LogP contribution is 2.37. The topological polar surface area (TPSA) is 3.24 Å². The van der Waals surface area contributed by atoms with Crippen molar-refractivity contribution in [1.29, 1.82) is 0 Å². The first kappa shape index (κ1) is 17.4. The summed E-state index contributed by atoms with van der Waals surface area (Å²) in [5.41, 5.74) is 6.59. The lowest BCUT2D eigenvalue weighted by Gasteiger charge is -2.26. The van der Waals surface area contributed by atoms with Gasteiger partial charge in [0.25, 0.3) is 0 Å². The molecule has 0 saturated heterocycles. The fourth-order valence-electron chi connectivity index (χ4n) is 3.28. The minimum Gasteiger partial charge on any atom is -0.310 e. The van der Waals surface area contributed by atoms with E-state index >= 15 is 0 Å². The third kappa shape index (κ3) is 3.60. The lowest BCUT2D eigenvalue weighted by molar-refractivity contribution is 1.28. The second-order valence-electron chi connectivity index (χ2n) is 6.49. The predicted molar refractivity (Wildman–Crippen MR) is 116 cm³/mol. The van der Waals surface area contributed by atoms with Crippen LogP contribution in [0.2, 0.25) is 5.02 Å². The summed E-state index contributed by atoms with van der Waals surface area (Å²) in [5.74, 6) is 0. The molecule has 0 N–H and O–H groups in total. The molecule has 0 atom stereocenters. The van der Waals surface area contributed by atoms with Gasteiger partial charge in [-0.2, -0.15) is 0 Å². The van der Waals surface area contributed by atoms with Gasteiger partial charge in [0.05, 0.1) is 5.02 Å². The number of hydrogen-bond donors (Lipinski definition) is 0. The molecular weight excluding hydrogens is 350 g/mol. The predicted octanol–water partition coefficient (Wildman–Crippen LogP) is 7.79. The summed E-state index contributed by atoms with van der Waals surface area (Å²) in [5, 5.41) is 0.806. The van der Waals surface area contributed by atoms with Gasteiger partial charge < -0.3 is 4.90 Å². The van der Waals surface area contributed by atoms with Gasteiger partial charge in [0.1, 0.15) is 0 Å². The lowest BCUT2D eigenvalue weighted by atomic mass is 10.0. The Balaban J connectivity index is 1.86. The van der Waals surface area contributed by atoms with E-state index in [9.17, 15) is 0 Å². The maximum absolute atomic E-state index is 6.58. The molecule has 0 radical (unpaired) electrons. The lowest BCUT2D eigenvalue weighted by Crippen LogP contribution is -2.09. The van der Waals surface area contributed by atoms with E-state index in [1.807, 2.05) is 25.1 Å².